The number of amides is 1. The number of carbonyl (C=O) groups is 1. The average molecular weight is 353 g/mol. The number of hydrogen-bond donors (Lipinski definition) is 1. The van der Waals surface area contributed by atoms with Gasteiger partial charge in [0.2, 0.25) is 5.91 Å². The lowest BCUT2D eigenvalue weighted by Crippen LogP contribution is -2.64. The Kier molecular flexibility index (Phi) is 5.76. The van der Waals surface area contributed by atoms with E-state index in [-0.39, 0.29) is 18.1 Å². The van der Waals surface area contributed by atoms with Gasteiger partial charge in [0.1, 0.15) is 6.61 Å². The molecule has 3 rings (SSSR count). The second kappa shape index (κ2) is 7.83. The van der Waals surface area contributed by atoms with E-state index in [0.717, 1.165) is 49.7 Å². The highest BCUT2D eigenvalue weighted by Gasteiger charge is 2.52. The van der Waals surface area contributed by atoms with Gasteiger partial charge in [0, 0.05) is 44.9 Å². The maximum absolute atomic E-state index is 11.5. The van der Waals surface area contributed by atoms with Crippen LogP contribution in [0.1, 0.15) is 18.4 Å². The maximum Gasteiger partial charge on any atom is 0.245 e. The van der Waals surface area contributed by atoms with Gasteiger partial charge in [0.05, 0.1) is 5.60 Å². The van der Waals surface area contributed by atoms with E-state index in [1.165, 1.54) is 7.11 Å². The van der Waals surface area contributed by atoms with Crippen molar-refractivity contribution in [3.63, 3.8) is 0 Å². The molecule has 0 bridgehead atoms. The summed E-state index contributed by atoms with van der Waals surface area (Å²) in [6.45, 7) is 4.36. The van der Waals surface area contributed by atoms with E-state index in [1.807, 2.05) is 18.2 Å². The summed E-state index contributed by atoms with van der Waals surface area (Å²) in [5, 5.41) is 3.73. The molecule has 1 atom stereocenters. The molecule has 24 heavy (non-hydrogen) atoms. The van der Waals surface area contributed by atoms with Gasteiger partial charge in [-0.25, -0.2) is 0 Å². The van der Waals surface area contributed by atoms with Crippen LogP contribution in [0.5, 0.6) is 0 Å². The molecular formula is C18H25ClN2O3. The van der Waals surface area contributed by atoms with Crippen LogP contribution in [0.2, 0.25) is 5.02 Å². The molecule has 2 fully saturated rings. The Balaban J connectivity index is 1.46. The molecule has 1 amide bonds. The summed E-state index contributed by atoms with van der Waals surface area (Å²) in [7, 11) is 1.53. The third-order valence-corrected chi connectivity index (χ3v) is 5.39. The molecule has 0 radical (unpaired) electrons. The number of nitrogens with zero attached hydrogens (tertiary/aromatic N) is 1. The lowest BCUT2D eigenvalue weighted by molar-refractivity contribution is -0.137. The Bertz CT molecular complexity index is 575. The summed E-state index contributed by atoms with van der Waals surface area (Å²) in [4.78, 5) is 13.8. The maximum atomic E-state index is 11.5. The minimum absolute atomic E-state index is 0.0345. The first-order valence-electron chi connectivity index (χ1n) is 8.48. The van der Waals surface area contributed by atoms with E-state index in [2.05, 4.69) is 16.3 Å². The fourth-order valence-electron chi connectivity index (χ4n) is 3.80. The number of methoxy groups -OCH3 is 1. The van der Waals surface area contributed by atoms with Crippen molar-refractivity contribution in [3.8, 4) is 0 Å². The predicted molar refractivity (Wildman–Crippen MR) is 93.0 cm³/mol. The SMILES string of the molecule is COCC(=O)NCC[C@H]1CCOC12CN(Cc1ccccc1Cl)C2. The topological polar surface area (TPSA) is 50.8 Å². The molecule has 0 unspecified atom stereocenters. The number of rotatable bonds is 7. The predicted octanol–water partition coefficient (Wildman–Crippen LogP) is 2.08. The quantitative estimate of drug-likeness (QED) is 0.816. The van der Waals surface area contributed by atoms with Crippen molar-refractivity contribution in [2.45, 2.75) is 25.0 Å². The monoisotopic (exact) mass is 352 g/mol. The van der Waals surface area contributed by atoms with Crippen LogP contribution < -0.4 is 5.32 Å². The Morgan fingerprint density at radius 3 is 3.00 bits per heavy atom. The fourth-order valence-corrected chi connectivity index (χ4v) is 4.00. The highest BCUT2D eigenvalue weighted by molar-refractivity contribution is 6.31. The largest absolute Gasteiger partial charge is 0.375 e. The summed E-state index contributed by atoms with van der Waals surface area (Å²) < 4.78 is 10.9. The van der Waals surface area contributed by atoms with Crippen LogP contribution in [-0.2, 0) is 20.8 Å². The molecule has 2 aliphatic rings. The summed E-state index contributed by atoms with van der Waals surface area (Å²) in [6.07, 6.45) is 2.02. The highest BCUT2D eigenvalue weighted by atomic mass is 35.5. The molecule has 2 saturated heterocycles. The van der Waals surface area contributed by atoms with Crippen LogP contribution in [0.4, 0.5) is 0 Å². The molecule has 132 valence electrons. The van der Waals surface area contributed by atoms with Crippen molar-refractivity contribution in [1.82, 2.24) is 10.2 Å². The summed E-state index contributed by atoms with van der Waals surface area (Å²) in [5.41, 5.74) is 1.13. The van der Waals surface area contributed by atoms with E-state index in [1.54, 1.807) is 0 Å². The van der Waals surface area contributed by atoms with Gasteiger partial charge in [0.15, 0.2) is 0 Å². The molecule has 2 aliphatic heterocycles. The molecule has 1 spiro atoms. The van der Waals surface area contributed by atoms with Crippen molar-refractivity contribution >= 4 is 17.5 Å². The third kappa shape index (κ3) is 3.91. The van der Waals surface area contributed by atoms with Gasteiger partial charge in [-0.1, -0.05) is 29.8 Å². The van der Waals surface area contributed by atoms with Crippen LogP contribution >= 0.6 is 11.6 Å². The first kappa shape index (κ1) is 17.7. The van der Waals surface area contributed by atoms with Crippen molar-refractivity contribution in [1.29, 1.82) is 0 Å². The van der Waals surface area contributed by atoms with Gasteiger partial charge >= 0.3 is 0 Å². The van der Waals surface area contributed by atoms with Gasteiger partial charge < -0.3 is 14.8 Å². The summed E-state index contributed by atoms with van der Waals surface area (Å²) >= 11 is 6.24. The van der Waals surface area contributed by atoms with Gasteiger partial charge in [-0.15, -0.1) is 0 Å². The lowest BCUT2D eigenvalue weighted by Gasteiger charge is -2.50. The van der Waals surface area contributed by atoms with Gasteiger partial charge in [-0.3, -0.25) is 9.69 Å². The first-order valence-corrected chi connectivity index (χ1v) is 8.86. The highest BCUT2D eigenvalue weighted by Crippen LogP contribution is 2.42. The number of hydrogen-bond acceptors (Lipinski definition) is 4. The van der Waals surface area contributed by atoms with Crippen LogP contribution in [0, 0.1) is 5.92 Å². The van der Waals surface area contributed by atoms with Crippen molar-refractivity contribution < 1.29 is 14.3 Å². The zero-order valence-corrected chi connectivity index (χ0v) is 14.8. The lowest BCUT2D eigenvalue weighted by atomic mass is 9.78. The minimum Gasteiger partial charge on any atom is -0.375 e. The van der Waals surface area contributed by atoms with E-state index in [9.17, 15) is 4.79 Å². The van der Waals surface area contributed by atoms with E-state index in [4.69, 9.17) is 21.1 Å². The molecule has 0 saturated carbocycles. The van der Waals surface area contributed by atoms with Crippen LogP contribution in [0.15, 0.2) is 24.3 Å². The first-order chi connectivity index (χ1) is 11.6. The Hall–Kier alpha value is -1.14. The Morgan fingerprint density at radius 1 is 1.46 bits per heavy atom. The molecule has 6 heteroatoms. The number of nitrogens with one attached hydrogen (secondary N) is 1. The van der Waals surface area contributed by atoms with Crippen LogP contribution in [-0.4, -0.2) is 56.4 Å². The average Bonchev–Trinajstić information content (AvgIpc) is 2.93. The number of carbonyl (C=O) groups excluding carboxylic acids is 1. The van der Waals surface area contributed by atoms with Crippen LogP contribution in [0.3, 0.4) is 0 Å². The standard InChI is InChI=1S/C18H25ClN2O3/c1-23-11-17(22)20-8-6-15-7-9-24-18(15)12-21(13-18)10-14-4-2-3-5-16(14)19/h2-5,15H,6-13H2,1H3,(H,20,22)/t15-/m0/s1. The number of ether oxygens (including phenoxy) is 2. The van der Waals surface area contributed by atoms with Crippen LogP contribution in [0.25, 0.3) is 0 Å². The van der Waals surface area contributed by atoms with Gasteiger partial charge in [-0.2, -0.15) is 0 Å². The number of halogens is 1. The van der Waals surface area contributed by atoms with Crippen molar-refractivity contribution in [3.05, 3.63) is 34.9 Å². The Morgan fingerprint density at radius 2 is 2.25 bits per heavy atom. The Labute approximate surface area is 148 Å². The van der Waals surface area contributed by atoms with Gasteiger partial charge in [-0.05, 0) is 30.4 Å². The van der Waals surface area contributed by atoms with Crippen molar-refractivity contribution in [2.75, 3.05) is 40.0 Å². The fraction of sp³-hybridized carbons (Fsp3) is 0.611. The third-order valence-electron chi connectivity index (χ3n) is 5.02. The van der Waals surface area contributed by atoms with Crippen molar-refractivity contribution in [2.24, 2.45) is 5.92 Å². The van der Waals surface area contributed by atoms with E-state index in [0.29, 0.717) is 12.5 Å². The number of benzene rings is 1. The normalized spacial score (nSPS) is 22.5. The second-order valence-corrected chi connectivity index (χ2v) is 7.11. The molecule has 0 aromatic heterocycles. The minimum atomic E-state index is -0.0561. The number of likely N-dealkylation sites (tertiary alicyclic amines) is 1. The molecule has 1 aromatic rings. The summed E-state index contributed by atoms with van der Waals surface area (Å²) in [5.74, 6) is 0.447. The molecule has 2 heterocycles. The molecule has 1 aromatic carbocycles. The van der Waals surface area contributed by atoms with E-state index >= 15 is 0 Å². The molecular weight excluding hydrogens is 328 g/mol. The smallest absolute Gasteiger partial charge is 0.245 e. The van der Waals surface area contributed by atoms with Gasteiger partial charge in [0.25, 0.3) is 0 Å². The molecule has 5 nitrogen and oxygen atoms in total. The summed E-state index contributed by atoms with van der Waals surface area (Å²) in [6, 6.07) is 7.99. The zero-order valence-electron chi connectivity index (χ0n) is 14.1. The molecule has 0 aliphatic carbocycles. The van der Waals surface area contributed by atoms with E-state index < -0.39 is 0 Å². The second-order valence-electron chi connectivity index (χ2n) is 6.71. The zero-order chi connectivity index (χ0) is 17.0. The molecule has 1 N–H and O–H groups in total.